The summed E-state index contributed by atoms with van der Waals surface area (Å²) < 4.78 is 10.8. The van der Waals surface area contributed by atoms with Gasteiger partial charge in [0.1, 0.15) is 23.0 Å². The molecule has 0 spiro atoms. The molecule has 1 aliphatic rings. The monoisotopic (exact) mass is 519 g/mol. The lowest BCUT2D eigenvalue weighted by Crippen LogP contribution is -2.48. The van der Waals surface area contributed by atoms with Gasteiger partial charge in [-0.25, -0.2) is 4.79 Å². The summed E-state index contributed by atoms with van der Waals surface area (Å²) >= 11 is 12.8. The Morgan fingerprint density at radius 1 is 1.17 bits per heavy atom. The maximum atomic E-state index is 11.5. The minimum atomic E-state index is -0.742. The van der Waals surface area contributed by atoms with Crippen LogP contribution in [0.15, 0.2) is 42.5 Å². The topological polar surface area (TPSA) is 67.8 Å². The molecule has 2 atom stereocenters. The zero-order valence-corrected chi connectivity index (χ0v) is 22.3. The first-order valence-electron chi connectivity index (χ1n) is 12.1. The maximum Gasteiger partial charge on any atom is 0.330 e. The van der Waals surface area contributed by atoms with E-state index in [0.717, 1.165) is 19.3 Å². The Kier molecular flexibility index (Phi) is 9.65. The molecule has 0 amide bonds. The highest BCUT2D eigenvalue weighted by Crippen LogP contribution is 2.36. The van der Waals surface area contributed by atoms with E-state index in [9.17, 15) is 9.90 Å². The van der Waals surface area contributed by atoms with Crippen LogP contribution in [0.3, 0.4) is 0 Å². The molecule has 0 bridgehead atoms. The summed E-state index contributed by atoms with van der Waals surface area (Å²) in [5.74, 6) is 0.516. The molecule has 0 radical (unpaired) electrons. The van der Waals surface area contributed by atoms with Crippen LogP contribution in [0.1, 0.15) is 50.8 Å². The first-order chi connectivity index (χ1) is 16.6. The van der Waals surface area contributed by atoms with Crippen LogP contribution in [0.2, 0.25) is 10.0 Å². The van der Waals surface area contributed by atoms with Gasteiger partial charge in [0.25, 0.3) is 0 Å². The van der Waals surface area contributed by atoms with Crippen LogP contribution >= 0.6 is 23.2 Å². The molecule has 2 unspecified atom stereocenters. The van der Waals surface area contributed by atoms with Gasteiger partial charge in [-0.05, 0) is 87.8 Å². The highest BCUT2D eigenvalue weighted by molar-refractivity contribution is 6.43. The lowest BCUT2D eigenvalue weighted by atomic mass is 9.88. The molecule has 3 rings (SSSR count). The fourth-order valence-electron chi connectivity index (χ4n) is 4.53. The molecule has 190 valence electrons. The van der Waals surface area contributed by atoms with Gasteiger partial charge in [-0.1, -0.05) is 47.5 Å². The van der Waals surface area contributed by atoms with Crippen molar-refractivity contribution in [3.63, 3.8) is 0 Å². The number of β-amino-alcohol motifs (C(OH)–C–C–N with tert-alkyl or cyclic N) is 1. The molecule has 7 heteroatoms. The lowest BCUT2D eigenvalue weighted by molar-refractivity contribution is -0.137. The molecule has 0 heterocycles. The normalized spacial score (nSPS) is 15.7. The molecule has 35 heavy (non-hydrogen) atoms. The second-order valence-corrected chi connectivity index (χ2v) is 10.5. The minimum Gasteiger partial charge on any atom is -0.486 e. The van der Waals surface area contributed by atoms with Crippen LogP contribution in [0.4, 0.5) is 0 Å². The first kappa shape index (κ1) is 27.5. The van der Waals surface area contributed by atoms with E-state index >= 15 is 0 Å². The number of hydrogen-bond acceptors (Lipinski definition) is 5. The predicted molar refractivity (Wildman–Crippen MR) is 142 cm³/mol. The molecule has 1 aliphatic carbocycles. The van der Waals surface area contributed by atoms with Gasteiger partial charge in [0.05, 0.1) is 11.6 Å². The number of aliphatic hydroxyl groups excluding tert-OH is 1. The Bertz CT molecular complexity index is 1030. The Balaban J connectivity index is 1.52. The van der Waals surface area contributed by atoms with E-state index < -0.39 is 18.2 Å². The van der Waals surface area contributed by atoms with Crippen molar-refractivity contribution in [1.82, 2.24) is 5.32 Å². The number of carbonyl (C=O) groups excluding carboxylic acids is 1. The Morgan fingerprint density at radius 3 is 2.46 bits per heavy atom. The van der Waals surface area contributed by atoms with E-state index in [-0.39, 0.29) is 15.6 Å². The van der Waals surface area contributed by atoms with Crippen molar-refractivity contribution in [3.8, 4) is 5.75 Å². The number of rotatable bonds is 11. The van der Waals surface area contributed by atoms with Crippen molar-refractivity contribution in [2.45, 2.75) is 64.7 Å². The third-order valence-electron chi connectivity index (χ3n) is 6.34. The fourth-order valence-corrected chi connectivity index (χ4v) is 4.96. The number of fused-ring (bicyclic) bond motifs is 1. The zero-order chi connectivity index (χ0) is 25.6. The molecule has 2 aromatic rings. The van der Waals surface area contributed by atoms with Crippen LogP contribution in [0.5, 0.6) is 5.75 Å². The molecule has 2 N–H and O–H groups in total. The van der Waals surface area contributed by atoms with Crippen molar-refractivity contribution in [2.75, 3.05) is 13.2 Å². The predicted octanol–water partition coefficient (Wildman–Crippen LogP) is 5.87. The Hall–Kier alpha value is -2.05. The standard InChI is InChI=1S/C28H35Cl2NO4/c1-5-34-25(33)13-11-20-10-12-24(27(30)26(20)29)35-18(2)23(32)17-31-28(3,4)16-19-14-21-8-6-7-9-22(21)15-19/h6-13,18-19,23,31-32H,5,14-17H2,1-4H3/b13-11+. The highest BCUT2D eigenvalue weighted by atomic mass is 35.5. The lowest BCUT2D eigenvalue weighted by Gasteiger charge is -2.32. The molecular weight excluding hydrogens is 485 g/mol. The third-order valence-corrected chi connectivity index (χ3v) is 7.22. The second kappa shape index (κ2) is 12.3. The number of aliphatic hydroxyl groups is 1. The molecule has 0 fully saturated rings. The minimum absolute atomic E-state index is 0.124. The Morgan fingerprint density at radius 2 is 1.83 bits per heavy atom. The van der Waals surface area contributed by atoms with Crippen molar-refractivity contribution < 1.29 is 19.4 Å². The summed E-state index contributed by atoms with van der Waals surface area (Å²) in [5.41, 5.74) is 3.35. The molecule has 2 aromatic carbocycles. The van der Waals surface area contributed by atoms with Crippen LogP contribution in [0, 0.1) is 5.92 Å². The van der Waals surface area contributed by atoms with Crippen molar-refractivity contribution >= 4 is 35.2 Å². The van der Waals surface area contributed by atoms with E-state index in [1.807, 2.05) is 0 Å². The van der Waals surface area contributed by atoms with Crippen LogP contribution < -0.4 is 10.1 Å². The van der Waals surface area contributed by atoms with Crippen molar-refractivity contribution in [1.29, 1.82) is 0 Å². The van der Waals surface area contributed by atoms with Crippen LogP contribution in [-0.4, -0.2) is 42.0 Å². The number of benzene rings is 2. The van der Waals surface area contributed by atoms with Gasteiger partial charge in [0.15, 0.2) is 0 Å². The quantitative estimate of drug-likeness (QED) is 0.287. The molecule has 5 nitrogen and oxygen atoms in total. The number of esters is 1. The summed E-state index contributed by atoms with van der Waals surface area (Å²) in [7, 11) is 0. The third kappa shape index (κ3) is 7.71. The summed E-state index contributed by atoms with van der Waals surface area (Å²) in [5, 5.41) is 14.7. The average Bonchev–Trinajstić information content (AvgIpc) is 3.21. The van der Waals surface area contributed by atoms with Crippen molar-refractivity contribution in [3.05, 3.63) is 69.2 Å². The van der Waals surface area contributed by atoms with Gasteiger partial charge < -0.3 is 19.9 Å². The summed E-state index contributed by atoms with van der Waals surface area (Å²) in [4.78, 5) is 11.5. The number of nitrogens with one attached hydrogen (secondary N) is 1. The molecule has 0 aromatic heterocycles. The van der Waals surface area contributed by atoms with Gasteiger partial charge in [-0.2, -0.15) is 0 Å². The van der Waals surface area contributed by atoms with E-state index in [1.54, 1.807) is 32.1 Å². The highest BCUT2D eigenvalue weighted by Gasteiger charge is 2.29. The van der Waals surface area contributed by atoms with Gasteiger partial charge >= 0.3 is 5.97 Å². The number of halogens is 2. The van der Waals surface area contributed by atoms with E-state index in [2.05, 4.69) is 43.4 Å². The van der Waals surface area contributed by atoms with Crippen LogP contribution in [-0.2, 0) is 22.4 Å². The number of ether oxygens (including phenoxy) is 2. The van der Waals surface area contributed by atoms with Crippen molar-refractivity contribution in [2.24, 2.45) is 5.92 Å². The smallest absolute Gasteiger partial charge is 0.330 e. The summed E-state index contributed by atoms with van der Waals surface area (Å²) in [6, 6.07) is 12.0. The van der Waals surface area contributed by atoms with E-state index in [0.29, 0.717) is 30.4 Å². The zero-order valence-electron chi connectivity index (χ0n) is 20.8. The van der Waals surface area contributed by atoms with E-state index in [1.165, 1.54) is 17.2 Å². The van der Waals surface area contributed by atoms with E-state index in [4.69, 9.17) is 32.7 Å². The largest absolute Gasteiger partial charge is 0.486 e. The van der Waals surface area contributed by atoms with Crippen LogP contribution in [0.25, 0.3) is 6.08 Å². The summed E-state index contributed by atoms with van der Waals surface area (Å²) in [6.07, 6.45) is 4.82. The van der Waals surface area contributed by atoms with Gasteiger partial charge in [-0.3, -0.25) is 0 Å². The summed E-state index contributed by atoms with van der Waals surface area (Å²) in [6.45, 7) is 8.57. The van der Waals surface area contributed by atoms with Gasteiger partial charge in [-0.15, -0.1) is 0 Å². The molecular formula is C28H35Cl2NO4. The molecule has 0 saturated carbocycles. The maximum absolute atomic E-state index is 11.5. The molecule has 0 aliphatic heterocycles. The van der Waals surface area contributed by atoms with Gasteiger partial charge in [0.2, 0.25) is 0 Å². The number of carbonyl (C=O) groups is 1. The Labute approximate surface area is 218 Å². The fraction of sp³-hybridized carbons (Fsp3) is 0.464. The average molecular weight is 520 g/mol. The SMILES string of the molecule is CCOC(=O)/C=C/c1ccc(OC(C)C(O)CNC(C)(C)CC2Cc3ccccc3C2)c(Cl)c1Cl. The number of hydrogen-bond donors (Lipinski definition) is 2. The van der Waals surface area contributed by atoms with Gasteiger partial charge in [0, 0.05) is 18.2 Å². The first-order valence-corrected chi connectivity index (χ1v) is 12.8. The second-order valence-electron chi connectivity index (χ2n) is 9.77. The molecule has 0 saturated heterocycles.